The Morgan fingerprint density at radius 2 is 1.63 bits per heavy atom. The number of halogens is 3. The molecule has 0 saturated carbocycles. The summed E-state index contributed by atoms with van der Waals surface area (Å²) in [7, 11) is 1.61. The summed E-state index contributed by atoms with van der Waals surface area (Å²) in [6, 6.07) is 18.7. The van der Waals surface area contributed by atoms with Crippen molar-refractivity contribution in [2.75, 3.05) is 7.11 Å². The molecular weight excluding hydrogens is 351 g/mol. The number of hydrogen-bond donors (Lipinski definition) is 0. The molecule has 0 aliphatic rings. The largest absolute Gasteiger partial charge is 0.496 e. The minimum Gasteiger partial charge on any atom is -0.496 e. The highest BCUT2D eigenvalue weighted by atomic mass is 19.4. The van der Waals surface area contributed by atoms with Crippen molar-refractivity contribution >= 4 is 21.5 Å². The van der Waals surface area contributed by atoms with Crippen LogP contribution in [0.15, 0.2) is 66.9 Å². The third-order valence-electron chi connectivity index (χ3n) is 4.63. The first-order valence-corrected chi connectivity index (χ1v) is 8.46. The van der Waals surface area contributed by atoms with Gasteiger partial charge in [-0.25, -0.2) is 0 Å². The maximum absolute atomic E-state index is 12.7. The molecule has 0 aliphatic heterocycles. The van der Waals surface area contributed by atoms with Gasteiger partial charge in [-0.05, 0) is 45.5 Å². The van der Waals surface area contributed by atoms with Gasteiger partial charge in [0.25, 0.3) is 0 Å². The van der Waals surface area contributed by atoms with Gasteiger partial charge in [0, 0.05) is 18.0 Å². The number of aromatic nitrogens is 1. The first kappa shape index (κ1) is 17.3. The molecule has 4 aromatic rings. The summed E-state index contributed by atoms with van der Waals surface area (Å²) in [4.78, 5) is 3.54. The Bertz CT molecular complexity index is 1120. The molecule has 0 N–H and O–H groups in total. The SMILES string of the molecule is COc1c(Cc2ccc(C(F)(F)F)nc2)ccc2cc3ccccc3cc12. The van der Waals surface area contributed by atoms with E-state index in [9.17, 15) is 13.2 Å². The standard InChI is InChI=1S/C22H16F3NO/c1-27-21-18(10-14-6-9-20(26-13-14)22(23,24)25)8-7-17-11-15-4-2-3-5-16(15)12-19(17)21/h2-9,11-13H,10H2,1H3. The monoisotopic (exact) mass is 367 g/mol. The van der Waals surface area contributed by atoms with Gasteiger partial charge in [0.2, 0.25) is 0 Å². The predicted molar refractivity (Wildman–Crippen MR) is 100 cm³/mol. The van der Waals surface area contributed by atoms with Crippen molar-refractivity contribution in [1.82, 2.24) is 4.98 Å². The molecule has 0 radical (unpaired) electrons. The number of nitrogens with zero attached hydrogens (tertiary/aromatic N) is 1. The van der Waals surface area contributed by atoms with Gasteiger partial charge in [-0.1, -0.05) is 42.5 Å². The first-order chi connectivity index (χ1) is 13.0. The second-order valence-corrected chi connectivity index (χ2v) is 6.40. The average Bonchev–Trinajstić information content (AvgIpc) is 2.66. The number of ether oxygens (including phenoxy) is 1. The van der Waals surface area contributed by atoms with Crippen molar-refractivity contribution in [1.29, 1.82) is 0 Å². The minimum absolute atomic E-state index is 0.442. The molecule has 0 atom stereocenters. The Hall–Kier alpha value is -3.08. The number of pyridine rings is 1. The van der Waals surface area contributed by atoms with Crippen LogP contribution in [0.2, 0.25) is 0 Å². The van der Waals surface area contributed by atoms with Gasteiger partial charge in [0.1, 0.15) is 11.4 Å². The molecule has 0 saturated heterocycles. The number of alkyl halides is 3. The molecule has 1 heterocycles. The number of rotatable bonds is 3. The van der Waals surface area contributed by atoms with Gasteiger partial charge in [0.15, 0.2) is 0 Å². The zero-order valence-electron chi connectivity index (χ0n) is 14.5. The molecule has 0 fully saturated rings. The van der Waals surface area contributed by atoms with E-state index in [1.165, 1.54) is 12.3 Å². The normalized spacial score (nSPS) is 11.9. The highest BCUT2D eigenvalue weighted by Gasteiger charge is 2.32. The number of hydrogen-bond acceptors (Lipinski definition) is 2. The van der Waals surface area contributed by atoms with Crippen LogP contribution in [0.5, 0.6) is 5.75 Å². The van der Waals surface area contributed by atoms with Crippen LogP contribution in [0, 0.1) is 0 Å². The summed E-state index contributed by atoms with van der Waals surface area (Å²) >= 11 is 0. The van der Waals surface area contributed by atoms with Crippen LogP contribution in [-0.2, 0) is 12.6 Å². The molecule has 0 unspecified atom stereocenters. The van der Waals surface area contributed by atoms with Gasteiger partial charge in [0.05, 0.1) is 7.11 Å². The highest BCUT2D eigenvalue weighted by Crippen LogP contribution is 2.34. The molecule has 3 aromatic carbocycles. The lowest BCUT2D eigenvalue weighted by molar-refractivity contribution is -0.141. The smallest absolute Gasteiger partial charge is 0.433 e. The van der Waals surface area contributed by atoms with Crippen LogP contribution in [0.3, 0.4) is 0 Å². The summed E-state index contributed by atoms with van der Waals surface area (Å²) in [5.74, 6) is 0.734. The van der Waals surface area contributed by atoms with Crippen LogP contribution < -0.4 is 4.74 Å². The third kappa shape index (κ3) is 3.33. The number of benzene rings is 3. The molecule has 1 aromatic heterocycles. The zero-order valence-corrected chi connectivity index (χ0v) is 14.5. The second kappa shape index (κ2) is 6.58. The lowest BCUT2D eigenvalue weighted by atomic mass is 9.97. The molecule has 27 heavy (non-hydrogen) atoms. The lowest BCUT2D eigenvalue weighted by Crippen LogP contribution is -2.07. The molecule has 0 amide bonds. The highest BCUT2D eigenvalue weighted by molar-refractivity contribution is 6.01. The Morgan fingerprint density at radius 3 is 2.26 bits per heavy atom. The molecule has 2 nitrogen and oxygen atoms in total. The first-order valence-electron chi connectivity index (χ1n) is 8.46. The lowest BCUT2D eigenvalue weighted by Gasteiger charge is -2.13. The molecular formula is C22H16F3NO. The fraction of sp³-hybridized carbons (Fsp3) is 0.136. The van der Waals surface area contributed by atoms with E-state index in [2.05, 4.69) is 23.2 Å². The Kier molecular flexibility index (Phi) is 4.22. The quantitative estimate of drug-likeness (QED) is 0.414. The maximum atomic E-state index is 12.7. The maximum Gasteiger partial charge on any atom is 0.433 e. The van der Waals surface area contributed by atoms with Gasteiger partial charge >= 0.3 is 6.18 Å². The topological polar surface area (TPSA) is 22.1 Å². The van der Waals surface area contributed by atoms with E-state index in [1.54, 1.807) is 7.11 Å². The fourth-order valence-corrected chi connectivity index (χ4v) is 3.33. The predicted octanol–water partition coefficient (Wildman–Crippen LogP) is 6.01. The molecule has 4 rings (SSSR count). The van der Waals surface area contributed by atoms with Gasteiger partial charge in [-0.2, -0.15) is 13.2 Å². The van der Waals surface area contributed by atoms with E-state index in [1.807, 2.05) is 30.3 Å². The second-order valence-electron chi connectivity index (χ2n) is 6.40. The van der Waals surface area contributed by atoms with Crippen molar-refractivity contribution in [3.05, 3.63) is 83.7 Å². The zero-order chi connectivity index (χ0) is 19.0. The summed E-state index contributed by atoms with van der Waals surface area (Å²) in [5, 5.41) is 4.29. The Morgan fingerprint density at radius 1 is 0.889 bits per heavy atom. The van der Waals surface area contributed by atoms with Crippen LogP contribution in [0.25, 0.3) is 21.5 Å². The van der Waals surface area contributed by atoms with E-state index in [0.29, 0.717) is 12.0 Å². The van der Waals surface area contributed by atoms with Gasteiger partial charge in [-0.3, -0.25) is 4.98 Å². The Labute approximate surface area is 154 Å². The van der Waals surface area contributed by atoms with E-state index in [0.717, 1.165) is 38.9 Å². The van der Waals surface area contributed by atoms with Crippen molar-refractivity contribution in [2.24, 2.45) is 0 Å². The van der Waals surface area contributed by atoms with Gasteiger partial charge < -0.3 is 4.74 Å². The number of fused-ring (bicyclic) bond motifs is 2. The van der Waals surface area contributed by atoms with E-state index >= 15 is 0 Å². The summed E-state index contributed by atoms with van der Waals surface area (Å²) in [5.41, 5.74) is 0.714. The molecule has 0 spiro atoms. The van der Waals surface area contributed by atoms with Crippen molar-refractivity contribution in [3.8, 4) is 5.75 Å². The average molecular weight is 367 g/mol. The fourth-order valence-electron chi connectivity index (χ4n) is 3.33. The third-order valence-corrected chi connectivity index (χ3v) is 4.63. The molecule has 5 heteroatoms. The molecule has 136 valence electrons. The van der Waals surface area contributed by atoms with Crippen molar-refractivity contribution in [2.45, 2.75) is 12.6 Å². The molecule has 0 aliphatic carbocycles. The van der Waals surface area contributed by atoms with Crippen LogP contribution >= 0.6 is 0 Å². The summed E-state index contributed by atoms with van der Waals surface area (Å²) < 4.78 is 43.7. The van der Waals surface area contributed by atoms with E-state index < -0.39 is 11.9 Å². The number of methoxy groups -OCH3 is 1. The van der Waals surface area contributed by atoms with Crippen LogP contribution in [0.4, 0.5) is 13.2 Å². The van der Waals surface area contributed by atoms with Crippen LogP contribution in [-0.4, -0.2) is 12.1 Å². The summed E-state index contributed by atoms with van der Waals surface area (Å²) in [6.45, 7) is 0. The minimum atomic E-state index is -4.43. The van der Waals surface area contributed by atoms with Crippen molar-refractivity contribution in [3.63, 3.8) is 0 Å². The van der Waals surface area contributed by atoms with Gasteiger partial charge in [-0.15, -0.1) is 0 Å². The van der Waals surface area contributed by atoms with E-state index in [4.69, 9.17) is 4.74 Å². The van der Waals surface area contributed by atoms with Crippen molar-refractivity contribution < 1.29 is 17.9 Å². The summed E-state index contributed by atoms with van der Waals surface area (Å²) in [6.07, 6.45) is -2.72. The molecule has 0 bridgehead atoms. The Balaban J connectivity index is 1.76. The van der Waals surface area contributed by atoms with E-state index in [-0.39, 0.29) is 0 Å². The van der Waals surface area contributed by atoms with Crippen LogP contribution in [0.1, 0.15) is 16.8 Å².